The third kappa shape index (κ3) is 1.81. The van der Waals surface area contributed by atoms with Crippen molar-refractivity contribution < 1.29 is 4.74 Å². The predicted molar refractivity (Wildman–Crippen MR) is 82.2 cm³/mol. The van der Waals surface area contributed by atoms with Crippen LogP contribution in [0.4, 0.5) is 0 Å². The van der Waals surface area contributed by atoms with Gasteiger partial charge in [-0.15, -0.1) is 0 Å². The number of ether oxygens (including phenoxy) is 1. The van der Waals surface area contributed by atoms with Gasteiger partial charge in [-0.1, -0.05) is 41.9 Å². The van der Waals surface area contributed by atoms with Crippen molar-refractivity contribution in [2.75, 3.05) is 0 Å². The molecule has 0 saturated heterocycles. The fourth-order valence-electron chi connectivity index (χ4n) is 2.62. The van der Waals surface area contributed by atoms with Crippen LogP contribution in [0.25, 0.3) is 17.0 Å². The van der Waals surface area contributed by atoms with Gasteiger partial charge in [0.1, 0.15) is 11.9 Å². The van der Waals surface area contributed by atoms with Crippen LogP contribution in [0.2, 0.25) is 5.02 Å². The molecule has 20 heavy (non-hydrogen) atoms. The summed E-state index contributed by atoms with van der Waals surface area (Å²) in [5.41, 5.74) is 3.28. The van der Waals surface area contributed by atoms with E-state index in [1.165, 1.54) is 0 Å². The summed E-state index contributed by atoms with van der Waals surface area (Å²) >= 11 is 6.02. The number of aromatic amines is 1. The lowest BCUT2D eigenvalue weighted by Crippen LogP contribution is -2.08. The van der Waals surface area contributed by atoms with Crippen LogP contribution in [0.15, 0.2) is 54.7 Å². The number of H-pyrrole nitrogens is 1. The van der Waals surface area contributed by atoms with E-state index in [0.29, 0.717) is 0 Å². The summed E-state index contributed by atoms with van der Waals surface area (Å²) < 4.78 is 6.07. The number of aromatic nitrogens is 1. The van der Waals surface area contributed by atoms with Gasteiger partial charge in [-0.2, -0.15) is 0 Å². The van der Waals surface area contributed by atoms with Crippen molar-refractivity contribution in [1.82, 2.24) is 4.98 Å². The number of para-hydroxylation sites is 1. The Hall–Kier alpha value is -2.19. The highest BCUT2D eigenvalue weighted by Crippen LogP contribution is 2.35. The van der Waals surface area contributed by atoms with Crippen molar-refractivity contribution in [3.63, 3.8) is 0 Å². The maximum absolute atomic E-state index is 6.07. The number of hydrogen-bond donors (Lipinski definition) is 1. The molecule has 0 spiro atoms. The Bertz CT molecular complexity index is 819. The number of benzene rings is 2. The highest BCUT2D eigenvalue weighted by Gasteiger charge is 2.19. The average Bonchev–Trinajstić information content (AvgIpc) is 2.89. The summed E-state index contributed by atoms with van der Waals surface area (Å²) in [5.74, 6) is 0.920. The lowest BCUT2D eigenvalue weighted by molar-refractivity contribution is 0.253. The fraction of sp³-hybridized carbons (Fsp3) is 0.0588. The molecular weight excluding hydrogens is 270 g/mol. The number of rotatable bonds is 1. The van der Waals surface area contributed by atoms with Gasteiger partial charge in [0.2, 0.25) is 0 Å². The molecule has 1 N–H and O–H groups in total. The van der Waals surface area contributed by atoms with Crippen molar-refractivity contribution in [2.24, 2.45) is 0 Å². The van der Waals surface area contributed by atoms with E-state index in [9.17, 15) is 0 Å². The smallest absolute Gasteiger partial charge is 0.144 e. The minimum absolute atomic E-state index is 0.0696. The van der Waals surface area contributed by atoms with Gasteiger partial charge in [-0.05, 0) is 24.3 Å². The molecule has 98 valence electrons. The van der Waals surface area contributed by atoms with E-state index in [-0.39, 0.29) is 6.10 Å². The highest BCUT2D eigenvalue weighted by atomic mass is 35.5. The zero-order valence-corrected chi connectivity index (χ0v) is 11.4. The Kier molecular flexibility index (Phi) is 2.57. The Labute approximate surface area is 121 Å². The van der Waals surface area contributed by atoms with Gasteiger partial charge in [0, 0.05) is 33.2 Å². The van der Waals surface area contributed by atoms with Gasteiger partial charge in [0.25, 0.3) is 0 Å². The molecule has 1 atom stereocenters. The van der Waals surface area contributed by atoms with Crippen molar-refractivity contribution in [3.05, 3.63) is 70.9 Å². The van der Waals surface area contributed by atoms with Gasteiger partial charge in [0.15, 0.2) is 0 Å². The summed E-state index contributed by atoms with van der Waals surface area (Å²) in [6, 6.07) is 13.9. The molecule has 2 nitrogen and oxygen atoms in total. The molecule has 1 aliphatic heterocycles. The molecule has 3 heteroatoms. The number of halogens is 1. The molecule has 0 amide bonds. The summed E-state index contributed by atoms with van der Waals surface area (Å²) in [4.78, 5) is 3.25. The second-order valence-electron chi connectivity index (χ2n) is 4.87. The molecule has 0 fully saturated rings. The maximum Gasteiger partial charge on any atom is 0.144 e. The second kappa shape index (κ2) is 4.43. The van der Waals surface area contributed by atoms with E-state index in [2.05, 4.69) is 23.2 Å². The summed E-state index contributed by atoms with van der Waals surface area (Å²) in [7, 11) is 0. The number of fused-ring (bicyclic) bond motifs is 2. The molecule has 1 aromatic heterocycles. The monoisotopic (exact) mass is 281 g/mol. The Morgan fingerprint density at radius 3 is 2.95 bits per heavy atom. The quantitative estimate of drug-likeness (QED) is 0.669. The highest BCUT2D eigenvalue weighted by molar-refractivity contribution is 6.31. The summed E-state index contributed by atoms with van der Waals surface area (Å²) in [5, 5.41) is 1.87. The number of nitrogens with one attached hydrogen (secondary N) is 1. The van der Waals surface area contributed by atoms with E-state index >= 15 is 0 Å². The summed E-state index contributed by atoms with van der Waals surface area (Å²) in [6.45, 7) is 0. The second-order valence-corrected chi connectivity index (χ2v) is 5.31. The van der Waals surface area contributed by atoms with Gasteiger partial charge in [-0.3, -0.25) is 0 Å². The molecule has 2 heterocycles. The average molecular weight is 282 g/mol. The Balaban J connectivity index is 1.78. The molecule has 0 radical (unpaired) electrons. The maximum atomic E-state index is 6.07. The van der Waals surface area contributed by atoms with Gasteiger partial charge >= 0.3 is 0 Å². The Morgan fingerprint density at radius 2 is 2.00 bits per heavy atom. The first-order valence-electron chi connectivity index (χ1n) is 6.52. The van der Waals surface area contributed by atoms with Gasteiger partial charge in [-0.25, -0.2) is 0 Å². The third-order valence-corrected chi connectivity index (χ3v) is 3.84. The standard InChI is InChI=1S/C17H12ClNO/c18-12-6-7-13-14(10-19-15(13)9-12)17-8-5-11-3-1-2-4-16(11)20-17/h1-10,17,19H. The van der Waals surface area contributed by atoms with Crippen molar-refractivity contribution in [3.8, 4) is 5.75 Å². The lowest BCUT2D eigenvalue weighted by atomic mass is 10.0. The summed E-state index contributed by atoms with van der Waals surface area (Å²) in [6.07, 6.45) is 6.11. The van der Waals surface area contributed by atoms with E-state index in [1.807, 2.05) is 42.6 Å². The van der Waals surface area contributed by atoms with Crippen LogP contribution >= 0.6 is 11.6 Å². The minimum atomic E-state index is -0.0696. The van der Waals surface area contributed by atoms with Crippen molar-refractivity contribution >= 4 is 28.6 Å². The minimum Gasteiger partial charge on any atom is -0.481 e. The van der Waals surface area contributed by atoms with Crippen LogP contribution < -0.4 is 4.74 Å². The van der Waals surface area contributed by atoms with E-state index < -0.39 is 0 Å². The predicted octanol–water partition coefficient (Wildman–Crippen LogP) is 4.97. The van der Waals surface area contributed by atoms with Crippen molar-refractivity contribution in [1.29, 1.82) is 0 Å². The third-order valence-electron chi connectivity index (χ3n) is 3.61. The van der Waals surface area contributed by atoms with E-state index in [0.717, 1.165) is 32.8 Å². The Morgan fingerprint density at radius 1 is 1.10 bits per heavy atom. The zero-order valence-electron chi connectivity index (χ0n) is 10.6. The van der Waals surface area contributed by atoms with Crippen LogP contribution in [0.5, 0.6) is 5.75 Å². The molecule has 3 aromatic rings. The number of hydrogen-bond acceptors (Lipinski definition) is 1. The van der Waals surface area contributed by atoms with Crippen LogP contribution in [-0.2, 0) is 0 Å². The van der Waals surface area contributed by atoms with E-state index in [4.69, 9.17) is 16.3 Å². The normalized spacial score (nSPS) is 16.9. The SMILES string of the molecule is Clc1ccc2c(C3C=Cc4ccccc4O3)c[nH]c2c1. The fourth-order valence-corrected chi connectivity index (χ4v) is 2.79. The molecule has 1 aliphatic rings. The van der Waals surface area contributed by atoms with Crippen LogP contribution in [-0.4, -0.2) is 4.98 Å². The molecule has 0 aliphatic carbocycles. The molecule has 2 aromatic carbocycles. The van der Waals surface area contributed by atoms with Gasteiger partial charge in [0.05, 0.1) is 0 Å². The molecule has 4 rings (SSSR count). The first-order valence-corrected chi connectivity index (χ1v) is 6.89. The largest absolute Gasteiger partial charge is 0.481 e. The molecule has 0 saturated carbocycles. The van der Waals surface area contributed by atoms with E-state index in [1.54, 1.807) is 0 Å². The van der Waals surface area contributed by atoms with Gasteiger partial charge < -0.3 is 9.72 Å². The first-order chi connectivity index (χ1) is 9.81. The topological polar surface area (TPSA) is 25.0 Å². The first kappa shape index (κ1) is 11.6. The molecular formula is C17H12ClNO. The lowest BCUT2D eigenvalue weighted by Gasteiger charge is -2.21. The van der Waals surface area contributed by atoms with Crippen LogP contribution in [0.3, 0.4) is 0 Å². The molecule has 0 bridgehead atoms. The van der Waals surface area contributed by atoms with Crippen LogP contribution in [0.1, 0.15) is 17.2 Å². The zero-order chi connectivity index (χ0) is 13.5. The van der Waals surface area contributed by atoms with Crippen LogP contribution in [0, 0.1) is 0 Å². The van der Waals surface area contributed by atoms with Crippen molar-refractivity contribution in [2.45, 2.75) is 6.10 Å². The molecule has 1 unspecified atom stereocenters.